The lowest BCUT2D eigenvalue weighted by Crippen LogP contribution is -2.27. The highest BCUT2D eigenvalue weighted by molar-refractivity contribution is 6.31. The van der Waals surface area contributed by atoms with Gasteiger partial charge in [0.1, 0.15) is 35.5 Å². The fourth-order valence-electron chi connectivity index (χ4n) is 3.17. The van der Waals surface area contributed by atoms with Gasteiger partial charge < -0.3 is 9.47 Å². The van der Waals surface area contributed by atoms with Gasteiger partial charge in [-0.3, -0.25) is 4.98 Å². The van der Waals surface area contributed by atoms with Crippen molar-refractivity contribution in [3.8, 4) is 11.5 Å². The molecule has 0 bridgehead atoms. The van der Waals surface area contributed by atoms with Crippen LogP contribution in [-0.2, 0) is 6.61 Å². The summed E-state index contributed by atoms with van der Waals surface area (Å²) in [6, 6.07) is 16.0. The molecular formula is C23H14ClFN2O2. The Kier molecular flexibility index (Phi) is 4.37. The van der Waals surface area contributed by atoms with Gasteiger partial charge in [0.2, 0.25) is 0 Å². The van der Waals surface area contributed by atoms with Gasteiger partial charge in [0.25, 0.3) is 0 Å². The van der Waals surface area contributed by atoms with Crippen LogP contribution in [-0.4, -0.2) is 9.97 Å². The van der Waals surface area contributed by atoms with Crippen molar-refractivity contribution in [2.45, 2.75) is 6.61 Å². The van der Waals surface area contributed by atoms with Gasteiger partial charge >= 0.3 is 0 Å². The van der Waals surface area contributed by atoms with Crippen molar-refractivity contribution in [1.29, 1.82) is 0 Å². The standard InChI is InChI=1S/C23H14ClFN2O2/c24-19-11-21-15(10-20(19)25)3-4-17(27-21)12-28-18-5-6-23-16(9-18)8-14-2-1-7-26-22(14)13-29-23/h1-11,13H,12H2. The maximum Gasteiger partial charge on any atom is 0.142 e. The van der Waals surface area contributed by atoms with Crippen LogP contribution in [0.15, 0.2) is 60.8 Å². The molecule has 0 radical (unpaired) electrons. The summed E-state index contributed by atoms with van der Waals surface area (Å²) in [7, 11) is 0. The van der Waals surface area contributed by atoms with Crippen LogP contribution in [0, 0.1) is 5.82 Å². The largest absolute Gasteiger partial charge is 0.487 e. The van der Waals surface area contributed by atoms with E-state index in [0.717, 1.165) is 27.6 Å². The molecule has 0 N–H and O–H groups in total. The lowest BCUT2D eigenvalue weighted by molar-refractivity contribution is 0.301. The summed E-state index contributed by atoms with van der Waals surface area (Å²) in [5.41, 5.74) is 2.25. The highest BCUT2D eigenvalue weighted by atomic mass is 35.5. The zero-order chi connectivity index (χ0) is 19.8. The molecule has 0 unspecified atom stereocenters. The number of halogens is 2. The average Bonchev–Trinajstić information content (AvgIpc) is 2.92. The van der Waals surface area contributed by atoms with Gasteiger partial charge in [-0.15, -0.1) is 0 Å². The van der Waals surface area contributed by atoms with Crippen molar-refractivity contribution in [3.05, 3.63) is 93.5 Å². The molecule has 1 aliphatic rings. The molecule has 3 heterocycles. The van der Waals surface area contributed by atoms with Crippen molar-refractivity contribution >= 4 is 34.8 Å². The third-order valence-corrected chi connectivity index (χ3v) is 4.93. The summed E-state index contributed by atoms with van der Waals surface area (Å²) in [5.74, 6) is 0.966. The highest BCUT2D eigenvalue weighted by Gasteiger charge is 2.08. The Balaban J connectivity index is 1.41. The van der Waals surface area contributed by atoms with Gasteiger partial charge in [-0.1, -0.05) is 23.7 Å². The number of nitrogens with zero attached hydrogens (tertiary/aromatic N) is 2. The van der Waals surface area contributed by atoms with Crippen LogP contribution >= 0.6 is 11.6 Å². The van der Waals surface area contributed by atoms with E-state index in [1.807, 2.05) is 42.5 Å². The van der Waals surface area contributed by atoms with Crippen molar-refractivity contribution in [2.75, 3.05) is 0 Å². The summed E-state index contributed by atoms with van der Waals surface area (Å²) in [4.78, 5) is 8.82. The molecule has 0 aliphatic carbocycles. The Labute approximate surface area is 170 Å². The van der Waals surface area contributed by atoms with E-state index in [0.29, 0.717) is 16.7 Å². The molecule has 0 saturated carbocycles. The predicted molar refractivity (Wildman–Crippen MR) is 110 cm³/mol. The first kappa shape index (κ1) is 17.6. The number of pyridine rings is 2. The van der Waals surface area contributed by atoms with E-state index >= 15 is 0 Å². The maximum atomic E-state index is 13.6. The summed E-state index contributed by atoms with van der Waals surface area (Å²) < 4.78 is 25.2. The molecule has 4 nitrogen and oxygen atoms in total. The molecule has 0 fully saturated rings. The normalized spacial score (nSPS) is 12.1. The van der Waals surface area contributed by atoms with Gasteiger partial charge in [0.15, 0.2) is 0 Å². The number of benzene rings is 2. The second kappa shape index (κ2) is 7.18. The number of fused-ring (bicyclic) bond motifs is 3. The number of hydrogen-bond donors (Lipinski definition) is 0. The summed E-state index contributed by atoms with van der Waals surface area (Å²) in [6.45, 7) is 0.273. The van der Waals surface area contributed by atoms with Crippen LogP contribution in [0.5, 0.6) is 11.5 Å². The van der Waals surface area contributed by atoms with E-state index in [1.54, 1.807) is 18.5 Å². The maximum absolute atomic E-state index is 13.6. The van der Waals surface area contributed by atoms with Crippen LogP contribution in [0.3, 0.4) is 0 Å². The minimum Gasteiger partial charge on any atom is -0.487 e. The Morgan fingerprint density at radius 3 is 2.93 bits per heavy atom. The number of ether oxygens (including phenoxy) is 2. The first-order chi connectivity index (χ1) is 14.2. The molecule has 142 valence electrons. The minimum absolute atomic E-state index is 0.0518. The van der Waals surface area contributed by atoms with E-state index < -0.39 is 5.82 Å². The van der Waals surface area contributed by atoms with Crippen LogP contribution in [0.2, 0.25) is 5.02 Å². The first-order valence-corrected chi connectivity index (χ1v) is 9.35. The molecule has 29 heavy (non-hydrogen) atoms. The summed E-state index contributed by atoms with van der Waals surface area (Å²) >= 11 is 5.86. The third kappa shape index (κ3) is 3.52. The van der Waals surface area contributed by atoms with E-state index in [2.05, 4.69) is 9.97 Å². The van der Waals surface area contributed by atoms with Crippen LogP contribution in [0.25, 0.3) is 23.2 Å². The van der Waals surface area contributed by atoms with Gasteiger partial charge in [0, 0.05) is 22.4 Å². The molecule has 2 aromatic carbocycles. The minimum atomic E-state index is -0.456. The second-order valence-electron chi connectivity index (χ2n) is 6.61. The fraction of sp³-hybridized carbons (Fsp3) is 0.0435. The molecule has 2 aromatic heterocycles. The van der Waals surface area contributed by atoms with E-state index in [-0.39, 0.29) is 11.6 Å². The van der Waals surface area contributed by atoms with Crippen molar-refractivity contribution < 1.29 is 13.9 Å². The lowest BCUT2D eigenvalue weighted by Gasteiger charge is -2.10. The smallest absolute Gasteiger partial charge is 0.142 e. The molecule has 0 spiro atoms. The number of hydrogen-bond acceptors (Lipinski definition) is 4. The van der Waals surface area contributed by atoms with Crippen molar-refractivity contribution in [1.82, 2.24) is 9.97 Å². The first-order valence-electron chi connectivity index (χ1n) is 8.97. The molecule has 5 rings (SSSR count). The van der Waals surface area contributed by atoms with E-state index in [9.17, 15) is 4.39 Å². The fourth-order valence-corrected chi connectivity index (χ4v) is 3.33. The molecule has 0 saturated heterocycles. The van der Waals surface area contributed by atoms with Gasteiger partial charge in [-0.25, -0.2) is 9.37 Å². The Morgan fingerprint density at radius 2 is 2.00 bits per heavy atom. The van der Waals surface area contributed by atoms with E-state index in [4.69, 9.17) is 21.1 Å². The molecule has 1 aliphatic heterocycles. The monoisotopic (exact) mass is 404 g/mol. The van der Waals surface area contributed by atoms with Gasteiger partial charge in [-0.2, -0.15) is 0 Å². The number of rotatable bonds is 3. The van der Waals surface area contributed by atoms with Crippen LogP contribution in [0.1, 0.15) is 11.3 Å². The summed E-state index contributed by atoms with van der Waals surface area (Å²) in [5, 5.41) is 2.50. The van der Waals surface area contributed by atoms with Crippen molar-refractivity contribution in [3.63, 3.8) is 0 Å². The molecule has 0 atom stereocenters. The van der Waals surface area contributed by atoms with E-state index in [1.165, 1.54) is 12.1 Å². The zero-order valence-corrected chi connectivity index (χ0v) is 15.9. The molecular weight excluding hydrogens is 391 g/mol. The summed E-state index contributed by atoms with van der Waals surface area (Å²) in [6.07, 6.45) is 5.39. The molecule has 0 amide bonds. The Bertz CT molecular complexity index is 1370. The van der Waals surface area contributed by atoms with Crippen LogP contribution < -0.4 is 20.0 Å². The second-order valence-corrected chi connectivity index (χ2v) is 7.02. The van der Waals surface area contributed by atoms with Crippen molar-refractivity contribution in [2.24, 2.45) is 0 Å². The molecule has 6 heteroatoms. The molecule has 4 aromatic rings. The lowest BCUT2D eigenvalue weighted by atomic mass is 10.1. The SMILES string of the molecule is Fc1cc2ccc(COc3ccc4c(c3)C=c3cccnc3=CO4)nc2cc1Cl. The highest BCUT2D eigenvalue weighted by Crippen LogP contribution is 2.27. The predicted octanol–water partition coefficient (Wildman–Crippen LogP) is 3.96. The quantitative estimate of drug-likeness (QED) is 0.518. The number of aromatic nitrogens is 2. The topological polar surface area (TPSA) is 44.2 Å². The average molecular weight is 405 g/mol. The Hall–Kier alpha value is -3.44. The van der Waals surface area contributed by atoms with Gasteiger partial charge in [-0.05, 0) is 48.5 Å². The third-order valence-electron chi connectivity index (χ3n) is 4.64. The van der Waals surface area contributed by atoms with Gasteiger partial charge in [0.05, 0.1) is 16.2 Å². The Morgan fingerprint density at radius 1 is 1.07 bits per heavy atom. The van der Waals surface area contributed by atoms with Crippen LogP contribution in [0.4, 0.5) is 4.39 Å². The zero-order valence-electron chi connectivity index (χ0n) is 15.1.